The van der Waals surface area contributed by atoms with Crippen LogP contribution in [0.4, 0.5) is 4.39 Å². The molecule has 162 valence electrons. The lowest BCUT2D eigenvalue weighted by Gasteiger charge is -2.29. The molecule has 32 heavy (non-hydrogen) atoms. The Morgan fingerprint density at radius 1 is 1.09 bits per heavy atom. The number of imidazole rings is 1. The molecule has 0 saturated carbocycles. The molecular weight excluding hydrogens is 411 g/mol. The van der Waals surface area contributed by atoms with E-state index in [1.54, 1.807) is 22.8 Å². The fraction of sp³-hybridized carbons (Fsp3) is 0.250. The van der Waals surface area contributed by atoms with Crippen LogP contribution in [0.25, 0.3) is 22.6 Å². The fourth-order valence-corrected chi connectivity index (χ4v) is 4.40. The van der Waals surface area contributed by atoms with Crippen LogP contribution in [0.1, 0.15) is 34.3 Å². The van der Waals surface area contributed by atoms with Crippen molar-refractivity contribution in [2.45, 2.75) is 32.4 Å². The number of amides is 3. The van der Waals surface area contributed by atoms with Gasteiger partial charge in [-0.15, -0.1) is 0 Å². The second-order valence-corrected chi connectivity index (χ2v) is 8.32. The van der Waals surface area contributed by atoms with Crippen LogP contribution < -0.4 is 5.32 Å². The Bertz CT molecular complexity index is 1300. The summed E-state index contributed by atoms with van der Waals surface area (Å²) in [6.45, 7) is 2.19. The van der Waals surface area contributed by atoms with E-state index in [4.69, 9.17) is 0 Å². The maximum absolute atomic E-state index is 14.4. The SMILES string of the molecule is Cc1ccc(F)c(-c2nc(-c3ccc4c(c3)CN(C3CCC(=O)NC3=O)C4=O)cn2C)c1. The number of rotatable bonds is 3. The third-order valence-corrected chi connectivity index (χ3v) is 6.06. The standard InChI is InChI=1S/C24H21FN4O3/c1-13-3-6-18(25)17(9-13)22-26-19(12-28(22)2)14-4-5-16-15(10-14)11-29(24(16)32)20-7-8-21(30)27-23(20)31/h3-6,9-10,12,20H,7-8,11H2,1-2H3,(H,27,30,31). The average Bonchev–Trinajstić information content (AvgIpc) is 3.30. The molecule has 7 nitrogen and oxygen atoms in total. The number of piperidine rings is 1. The normalized spacial score (nSPS) is 18.2. The van der Waals surface area contributed by atoms with Gasteiger partial charge in [0.2, 0.25) is 11.8 Å². The summed E-state index contributed by atoms with van der Waals surface area (Å²) in [5.41, 5.74) is 4.18. The molecule has 0 aliphatic carbocycles. The van der Waals surface area contributed by atoms with E-state index in [0.717, 1.165) is 16.7 Å². The average molecular weight is 432 g/mol. The van der Waals surface area contributed by atoms with Gasteiger partial charge in [0.15, 0.2) is 0 Å². The van der Waals surface area contributed by atoms with Crippen molar-refractivity contribution in [3.05, 3.63) is 65.1 Å². The molecule has 2 aliphatic rings. The molecule has 1 atom stereocenters. The maximum Gasteiger partial charge on any atom is 0.255 e. The third kappa shape index (κ3) is 3.28. The lowest BCUT2D eigenvalue weighted by atomic mass is 10.0. The highest BCUT2D eigenvalue weighted by molar-refractivity contribution is 6.05. The van der Waals surface area contributed by atoms with Gasteiger partial charge in [-0.1, -0.05) is 17.7 Å². The molecule has 3 aromatic rings. The summed E-state index contributed by atoms with van der Waals surface area (Å²) in [5, 5.41) is 2.31. The van der Waals surface area contributed by atoms with Gasteiger partial charge in [-0.05, 0) is 43.2 Å². The van der Waals surface area contributed by atoms with Crippen molar-refractivity contribution in [1.82, 2.24) is 19.8 Å². The number of halogens is 1. The van der Waals surface area contributed by atoms with Crippen LogP contribution in [0.3, 0.4) is 0 Å². The van der Waals surface area contributed by atoms with Gasteiger partial charge in [0.25, 0.3) is 5.91 Å². The summed E-state index contributed by atoms with van der Waals surface area (Å²) in [5.74, 6) is -0.784. The van der Waals surface area contributed by atoms with Crippen LogP contribution in [0.15, 0.2) is 42.6 Å². The van der Waals surface area contributed by atoms with Crippen molar-refractivity contribution < 1.29 is 18.8 Å². The number of carbonyl (C=O) groups excluding carboxylic acids is 3. The highest BCUT2D eigenvalue weighted by Gasteiger charge is 2.39. The largest absolute Gasteiger partial charge is 0.333 e. The van der Waals surface area contributed by atoms with E-state index in [2.05, 4.69) is 10.3 Å². The zero-order valence-corrected chi connectivity index (χ0v) is 17.7. The molecule has 0 spiro atoms. The predicted molar refractivity (Wildman–Crippen MR) is 115 cm³/mol. The molecule has 1 N–H and O–H groups in total. The van der Waals surface area contributed by atoms with Crippen LogP contribution >= 0.6 is 0 Å². The molecular formula is C24H21FN4O3. The molecule has 2 aromatic carbocycles. The van der Waals surface area contributed by atoms with Crippen molar-refractivity contribution >= 4 is 17.7 Å². The van der Waals surface area contributed by atoms with E-state index in [0.29, 0.717) is 35.6 Å². The van der Waals surface area contributed by atoms with Crippen LogP contribution in [-0.2, 0) is 23.2 Å². The smallest absolute Gasteiger partial charge is 0.255 e. The number of aromatic nitrogens is 2. The topological polar surface area (TPSA) is 84.3 Å². The highest BCUT2D eigenvalue weighted by atomic mass is 19.1. The monoisotopic (exact) mass is 432 g/mol. The molecule has 3 amide bonds. The molecule has 0 bridgehead atoms. The summed E-state index contributed by atoms with van der Waals surface area (Å²) < 4.78 is 16.2. The van der Waals surface area contributed by atoms with Gasteiger partial charge in [-0.25, -0.2) is 9.37 Å². The maximum atomic E-state index is 14.4. The number of nitrogens with one attached hydrogen (secondary N) is 1. The quantitative estimate of drug-likeness (QED) is 0.645. The number of hydrogen-bond acceptors (Lipinski definition) is 4. The Morgan fingerprint density at radius 2 is 1.91 bits per heavy atom. The van der Waals surface area contributed by atoms with Crippen LogP contribution in [-0.4, -0.2) is 38.2 Å². The Balaban J connectivity index is 1.46. The first kappa shape index (κ1) is 20.1. The van der Waals surface area contributed by atoms with Gasteiger partial charge >= 0.3 is 0 Å². The lowest BCUT2D eigenvalue weighted by molar-refractivity contribution is -0.136. The molecule has 8 heteroatoms. The Labute approximate surface area is 183 Å². The first-order chi connectivity index (χ1) is 15.3. The summed E-state index contributed by atoms with van der Waals surface area (Å²) in [4.78, 5) is 42.7. The minimum Gasteiger partial charge on any atom is -0.333 e. The van der Waals surface area contributed by atoms with Crippen LogP contribution in [0, 0.1) is 12.7 Å². The van der Waals surface area contributed by atoms with Crippen molar-refractivity contribution in [2.75, 3.05) is 0 Å². The first-order valence-electron chi connectivity index (χ1n) is 10.4. The van der Waals surface area contributed by atoms with Crippen molar-refractivity contribution in [2.24, 2.45) is 7.05 Å². The van der Waals surface area contributed by atoms with Crippen molar-refractivity contribution in [1.29, 1.82) is 0 Å². The molecule has 5 rings (SSSR count). The van der Waals surface area contributed by atoms with Crippen LogP contribution in [0.2, 0.25) is 0 Å². The van der Waals surface area contributed by atoms with Gasteiger partial charge in [0.1, 0.15) is 17.7 Å². The van der Waals surface area contributed by atoms with Crippen molar-refractivity contribution in [3.63, 3.8) is 0 Å². The lowest BCUT2D eigenvalue weighted by Crippen LogP contribution is -2.52. The van der Waals surface area contributed by atoms with E-state index < -0.39 is 11.9 Å². The number of fused-ring (bicyclic) bond motifs is 1. The fourth-order valence-electron chi connectivity index (χ4n) is 4.40. The number of aryl methyl sites for hydroxylation is 2. The minimum absolute atomic E-state index is 0.216. The molecule has 1 fully saturated rings. The summed E-state index contributed by atoms with van der Waals surface area (Å²) >= 11 is 0. The number of nitrogens with zero attached hydrogens (tertiary/aromatic N) is 3. The minimum atomic E-state index is -0.651. The van der Waals surface area contributed by atoms with E-state index in [1.807, 2.05) is 32.3 Å². The predicted octanol–water partition coefficient (Wildman–Crippen LogP) is 2.96. The van der Waals surface area contributed by atoms with Gasteiger partial charge in [-0.3, -0.25) is 19.7 Å². The molecule has 1 saturated heterocycles. The number of benzene rings is 2. The molecule has 1 unspecified atom stereocenters. The van der Waals surface area contributed by atoms with Gasteiger partial charge in [0.05, 0.1) is 11.3 Å². The zero-order chi connectivity index (χ0) is 22.6. The Kier molecular flexibility index (Phi) is 4.65. The molecule has 0 radical (unpaired) electrons. The second kappa shape index (κ2) is 7.40. The summed E-state index contributed by atoms with van der Waals surface area (Å²) in [6, 6.07) is 9.70. The summed E-state index contributed by atoms with van der Waals surface area (Å²) in [6.07, 6.45) is 2.37. The van der Waals surface area contributed by atoms with Crippen molar-refractivity contribution in [3.8, 4) is 22.6 Å². The zero-order valence-electron chi connectivity index (χ0n) is 17.7. The van der Waals surface area contributed by atoms with Gasteiger partial charge in [0, 0.05) is 37.3 Å². The van der Waals surface area contributed by atoms with Gasteiger partial charge in [-0.2, -0.15) is 0 Å². The molecule has 3 heterocycles. The molecule has 1 aromatic heterocycles. The van der Waals surface area contributed by atoms with Crippen LogP contribution in [0.5, 0.6) is 0 Å². The highest BCUT2D eigenvalue weighted by Crippen LogP contribution is 2.32. The summed E-state index contributed by atoms with van der Waals surface area (Å²) in [7, 11) is 1.81. The van der Waals surface area contributed by atoms with E-state index in [-0.39, 0.29) is 24.1 Å². The van der Waals surface area contributed by atoms with E-state index in [9.17, 15) is 18.8 Å². The van der Waals surface area contributed by atoms with Gasteiger partial charge < -0.3 is 9.47 Å². The first-order valence-corrected chi connectivity index (χ1v) is 10.4. The number of imide groups is 1. The molecule has 2 aliphatic heterocycles. The van der Waals surface area contributed by atoms with E-state index >= 15 is 0 Å². The Hall–Kier alpha value is -3.81. The number of carbonyl (C=O) groups is 3. The number of hydrogen-bond donors (Lipinski definition) is 1. The van der Waals surface area contributed by atoms with E-state index in [1.165, 1.54) is 11.0 Å². The third-order valence-electron chi connectivity index (χ3n) is 6.06. The second-order valence-electron chi connectivity index (χ2n) is 8.32. The Morgan fingerprint density at radius 3 is 2.69 bits per heavy atom.